The Kier molecular flexibility index (Phi) is 8.32. The second kappa shape index (κ2) is 12.0. The Morgan fingerprint density at radius 2 is 1.95 bits per heavy atom. The molecule has 228 valence electrons. The fourth-order valence-corrected chi connectivity index (χ4v) is 5.09. The maximum Gasteiger partial charge on any atom is 0.343 e. The van der Waals surface area contributed by atoms with E-state index in [0.29, 0.717) is 35.4 Å². The quantitative estimate of drug-likeness (QED) is 0.189. The van der Waals surface area contributed by atoms with Crippen molar-refractivity contribution in [1.29, 1.82) is 0 Å². The van der Waals surface area contributed by atoms with Crippen molar-refractivity contribution in [2.24, 2.45) is 5.73 Å². The number of aromatic nitrogens is 5. The van der Waals surface area contributed by atoms with Gasteiger partial charge < -0.3 is 35.5 Å². The topological polar surface area (TPSA) is 168 Å². The van der Waals surface area contributed by atoms with Gasteiger partial charge in [-0.2, -0.15) is 0 Å². The van der Waals surface area contributed by atoms with Gasteiger partial charge in [-0.1, -0.05) is 0 Å². The number of benzene rings is 1. The fraction of sp³-hybridized carbons (Fsp3) is 0.370. The number of methoxy groups -OCH3 is 1. The Labute approximate surface area is 242 Å². The molecule has 0 aliphatic carbocycles. The monoisotopic (exact) mass is 604 g/mol. The summed E-state index contributed by atoms with van der Waals surface area (Å²) in [6.45, 7) is -0.220. The van der Waals surface area contributed by atoms with Crippen molar-refractivity contribution < 1.29 is 36.9 Å². The fourth-order valence-electron chi connectivity index (χ4n) is 5.09. The summed E-state index contributed by atoms with van der Waals surface area (Å²) in [4.78, 5) is 29.9. The molecule has 0 saturated carbocycles. The maximum absolute atomic E-state index is 15.2. The van der Waals surface area contributed by atoms with Crippen LogP contribution in [0.3, 0.4) is 0 Å². The Hall–Kier alpha value is -4.57. The summed E-state index contributed by atoms with van der Waals surface area (Å²) < 4.78 is 68.1. The first-order chi connectivity index (χ1) is 20.5. The number of nitrogen functional groups attached to an aromatic ring is 1. The lowest BCUT2D eigenvalue weighted by Crippen LogP contribution is -2.63. The third kappa shape index (κ3) is 6.01. The molecule has 12 nitrogen and oxygen atoms in total. The van der Waals surface area contributed by atoms with Crippen molar-refractivity contribution >= 4 is 28.6 Å². The normalized spacial score (nSPS) is 17.8. The second-order valence-corrected chi connectivity index (χ2v) is 10.2. The number of nitrogens with two attached hydrogens (primary N) is 2. The van der Waals surface area contributed by atoms with Gasteiger partial charge in [-0.15, -0.1) is 0 Å². The number of aliphatic hydroxyl groups is 1. The van der Waals surface area contributed by atoms with Gasteiger partial charge >= 0.3 is 5.97 Å². The summed E-state index contributed by atoms with van der Waals surface area (Å²) >= 11 is 0. The molecular formula is C27H28F4N8O4. The number of anilines is 2. The number of aliphatic hydroxyl groups excluding tert-OH is 1. The van der Waals surface area contributed by atoms with Gasteiger partial charge in [-0.25, -0.2) is 37.3 Å². The minimum absolute atomic E-state index is 0.0527. The number of nitrogens with zero attached hydrogens (tertiary/aromatic N) is 6. The highest BCUT2D eigenvalue weighted by Crippen LogP contribution is 2.35. The Balaban J connectivity index is 1.55. The Morgan fingerprint density at radius 1 is 1.16 bits per heavy atom. The largest absolute Gasteiger partial charge is 0.479 e. The molecule has 4 aromatic rings. The second-order valence-electron chi connectivity index (χ2n) is 10.2. The number of pyridine rings is 1. The molecule has 1 saturated heterocycles. The highest BCUT2D eigenvalue weighted by molar-refractivity contribution is 5.81. The summed E-state index contributed by atoms with van der Waals surface area (Å²) in [5, 5.41) is 10.2. The summed E-state index contributed by atoms with van der Waals surface area (Å²) in [6, 6.07) is 3.21. The predicted molar refractivity (Wildman–Crippen MR) is 146 cm³/mol. The minimum Gasteiger partial charge on any atom is -0.479 e. The van der Waals surface area contributed by atoms with Crippen molar-refractivity contribution in [3.8, 4) is 17.0 Å². The summed E-state index contributed by atoms with van der Waals surface area (Å²) in [6.07, 6.45) is -0.344. The molecule has 4 heterocycles. The van der Waals surface area contributed by atoms with Gasteiger partial charge in [0.05, 0.1) is 43.1 Å². The van der Waals surface area contributed by atoms with E-state index in [9.17, 15) is 23.1 Å². The van der Waals surface area contributed by atoms with Gasteiger partial charge in [0.15, 0.2) is 29.6 Å². The minimum atomic E-state index is -3.04. The number of piperidine rings is 1. The molecule has 1 aromatic carbocycles. The van der Waals surface area contributed by atoms with Crippen molar-refractivity contribution in [3.05, 3.63) is 54.2 Å². The van der Waals surface area contributed by atoms with Crippen LogP contribution in [0.2, 0.25) is 0 Å². The number of hydrogen-bond donors (Lipinski definition) is 3. The van der Waals surface area contributed by atoms with Crippen LogP contribution in [-0.4, -0.2) is 80.5 Å². The molecule has 0 radical (unpaired) electrons. The average molecular weight is 605 g/mol. The van der Waals surface area contributed by atoms with Crippen LogP contribution in [-0.2, 0) is 16.1 Å². The molecule has 3 aromatic heterocycles. The van der Waals surface area contributed by atoms with Crippen molar-refractivity contribution in [2.45, 2.75) is 37.5 Å². The molecule has 2 atom stereocenters. The van der Waals surface area contributed by atoms with Gasteiger partial charge in [-0.3, -0.25) is 4.98 Å². The van der Waals surface area contributed by atoms with E-state index >= 15 is 4.39 Å². The zero-order chi connectivity index (χ0) is 30.9. The van der Waals surface area contributed by atoms with Gasteiger partial charge in [-0.05, 0) is 30.5 Å². The number of fused-ring (bicyclic) bond motifs is 1. The van der Waals surface area contributed by atoms with Crippen LogP contribution in [0.4, 0.5) is 29.1 Å². The third-order valence-corrected chi connectivity index (χ3v) is 7.33. The molecule has 1 fully saturated rings. The Morgan fingerprint density at radius 3 is 2.70 bits per heavy atom. The van der Waals surface area contributed by atoms with E-state index in [2.05, 4.69) is 24.7 Å². The van der Waals surface area contributed by atoms with E-state index in [1.165, 1.54) is 24.9 Å². The van der Waals surface area contributed by atoms with E-state index in [-0.39, 0.29) is 36.6 Å². The van der Waals surface area contributed by atoms with Gasteiger partial charge in [0.1, 0.15) is 23.8 Å². The lowest BCUT2D eigenvalue weighted by molar-refractivity contribution is -0.142. The lowest BCUT2D eigenvalue weighted by Gasteiger charge is -2.44. The molecule has 0 unspecified atom stereocenters. The first-order valence-electron chi connectivity index (χ1n) is 13.1. The average Bonchev–Trinajstić information content (AvgIpc) is 3.40. The molecule has 5 N–H and O–H groups in total. The zero-order valence-electron chi connectivity index (χ0n) is 22.9. The first kappa shape index (κ1) is 29.9. The van der Waals surface area contributed by atoms with Crippen LogP contribution in [0, 0.1) is 11.6 Å². The molecule has 0 amide bonds. The number of imidazole rings is 1. The van der Waals surface area contributed by atoms with Crippen LogP contribution < -0.4 is 21.1 Å². The van der Waals surface area contributed by atoms with Crippen LogP contribution >= 0.6 is 0 Å². The maximum atomic E-state index is 15.2. The smallest absolute Gasteiger partial charge is 0.343 e. The van der Waals surface area contributed by atoms with E-state index in [4.69, 9.17) is 16.2 Å². The van der Waals surface area contributed by atoms with E-state index in [1.807, 2.05) is 0 Å². The van der Waals surface area contributed by atoms with Crippen molar-refractivity contribution in [3.63, 3.8) is 0 Å². The Bertz CT molecular complexity index is 1660. The number of carbonyl (C=O) groups is 1. The molecule has 16 heteroatoms. The standard InChI is InChI=1S/C27H28F4N8O4/c1-42-21(40)10-43-20-7-16(28)15(6-17(20)29)18-5-14(9-39-13-37-22-25(32)35-12-36-26(22)39)19(8-34-18)38-4-2-3-27(33,11-38)23(41)24(30)31/h5-8,12-13,23-24,41H,2-4,9-11,33H2,1H3,(H2,32,35,36)/t23-,27-/m1/s1. The van der Waals surface area contributed by atoms with Crippen LogP contribution in [0.5, 0.6) is 5.75 Å². The van der Waals surface area contributed by atoms with Crippen molar-refractivity contribution in [2.75, 3.05) is 37.4 Å². The number of ether oxygens (including phenoxy) is 2. The van der Waals surface area contributed by atoms with Crippen molar-refractivity contribution in [1.82, 2.24) is 24.5 Å². The SMILES string of the molecule is COC(=O)COc1cc(F)c(-c2cc(Cn3cnc4c(N)ncnc43)c(N3CCC[C@](N)([C@H](O)C(F)F)C3)cn2)cc1F. The number of rotatable bonds is 9. The highest BCUT2D eigenvalue weighted by Gasteiger charge is 2.43. The molecule has 1 aliphatic heterocycles. The summed E-state index contributed by atoms with van der Waals surface area (Å²) in [5.41, 5.74) is 12.2. The highest BCUT2D eigenvalue weighted by atomic mass is 19.3. The first-order valence-corrected chi connectivity index (χ1v) is 13.1. The predicted octanol–water partition coefficient (Wildman–Crippen LogP) is 2.27. The van der Waals surface area contributed by atoms with E-state index in [0.717, 1.165) is 19.2 Å². The number of halogens is 4. The molecule has 0 spiro atoms. The number of esters is 1. The molecular weight excluding hydrogens is 576 g/mol. The summed E-state index contributed by atoms with van der Waals surface area (Å²) in [5.74, 6) is -2.91. The van der Waals surface area contributed by atoms with Gasteiger partial charge in [0, 0.05) is 24.7 Å². The lowest BCUT2D eigenvalue weighted by atomic mass is 9.84. The van der Waals surface area contributed by atoms with Gasteiger partial charge in [0.2, 0.25) is 0 Å². The summed E-state index contributed by atoms with van der Waals surface area (Å²) in [7, 11) is 1.13. The zero-order valence-corrected chi connectivity index (χ0v) is 22.9. The third-order valence-electron chi connectivity index (χ3n) is 7.33. The number of hydrogen-bond acceptors (Lipinski definition) is 11. The number of alkyl halides is 2. The van der Waals surface area contributed by atoms with Crippen LogP contribution in [0.1, 0.15) is 18.4 Å². The van der Waals surface area contributed by atoms with Crippen LogP contribution in [0.15, 0.2) is 37.1 Å². The van der Waals surface area contributed by atoms with E-state index < -0.39 is 48.0 Å². The molecule has 43 heavy (non-hydrogen) atoms. The molecule has 1 aliphatic rings. The molecule has 5 rings (SSSR count). The van der Waals surface area contributed by atoms with Crippen LogP contribution in [0.25, 0.3) is 22.4 Å². The number of carbonyl (C=O) groups excluding carboxylic acids is 1. The molecule has 0 bridgehead atoms. The van der Waals surface area contributed by atoms with Gasteiger partial charge in [0.25, 0.3) is 6.43 Å². The van der Waals surface area contributed by atoms with E-state index in [1.54, 1.807) is 9.47 Å².